The number of hydrogen-bond acceptors (Lipinski definition) is 5. The summed E-state index contributed by atoms with van der Waals surface area (Å²) in [4.78, 5) is 0. The Bertz CT molecular complexity index is 481. The van der Waals surface area contributed by atoms with Crippen LogP contribution < -0.4 is 10.6 Å². The summed E-state index contributed by atoms with van der Waals surface area (Å²) in [7, 11) is 0. The second-order valence-corrected chi connectivity index (χ2v) is 4.86. The van der Waals surface area contributed by atoms with Crippen LogP contribution in [0.25, 0.3) is 0 Å². The largest absolute Gasteiger partial charge is 0.407 e. The zero-order valence-corrected chi connectivity index (χ0v) is 11.4. The van der Waals surface area contributed by atoms with E-state index in [0.29, 0.717) is 30.9 Å². The van der Waals surface area contributed by atoms with Gasteiger partial charge in [-0.05, 0) is 18.0 Å². The van der Waals surface area contributed by atoms with E-state index in [9.17, 15) is 0 Å². The van der Waals surface area contributed by atoms with Gasteiger partial charge in [-0.2, -0.15) is 0 Å². The van der Waals surface area contributed by atoms with E-state index in [1.807, 2.05) is 18.2 Å². The highest BCUT2D eigenvalue weighted by Crippen LogP contribution is 2.08. The summed E-state index contributed by atoms with van der Waals surface area (Å²) in [6.07, 6.45) is 0. The maximum absolute atomic E-state index is 5.49. The molecule has 5 nitrogen and oxygen atoms in total. The second-order valence-electron chi connectivity index (χ2n) is 4.86. The molecule has 1 aromatic heterocycles. The summed E-state index contributed by atoms with van der Waals surface area (Å²) in [6, 6.07) is 10.6. The Morgan fingerprint density at radius 1 is 1.11 bits per heavy atom. The predicted molar refractivity (Wildman–Crippen MR) is 74.6 cm³/mol. The molecule has 0 aliphatic carbocycles. The zero-order chi connectivity index (χ0) is 13.5. The summed E-state index contributed by atoms with van der Waals surface area (Å²) < 4.78 is 5.49. The molecule has 0 bridgehead atoms. The summed E-state index contributed by atoms with van der Waals surface area (Å²) in [5.74, 6) is 1.22. The quantitative estimate of drug-likeness (QED) is 0.800. The Kier molecular flexibility index (Phi) is 4.92. The third-order valence-electron chi connectivity index (χ3n) is 2.58. The first-order valence-electron chi connectivity index (χ1n) is 6.55. The highest BCUT2D eigenvalue weighted by molar-refractivity contribution is 5.23. The molecule has 102 valence electrons. The van der Waals surface area contributed by atoms with E-state index in [-0.39, 0.29) is 0 Å². The highest BCUT2D eigenvalue weighted by atomic mass is 16.4. The molecular weight excluding hydrogens is 240 g/mol. The van der Waals surface area contributed by atoms with Gasteiger partial charge in [-0.1, -0.05) is 49.3 Å². The molecule has 0 amide bonds. The smallest absolute Gasteiger partial charge is 0.315 e. The van der Waals surface area contributed by atoms with Crippen LogP contribution in [0.15, 0.2) is 34.7 Å². The monoisotopic (exact) mass is 260 g/mol. The van der Waals surface area contributed by atoms with Crippen molar-refractivity contribution in [3.8, 4) is 0 Å². The van der Waals surface area contributed by atoms with E-state index >= 15 is 0 Å². The van der Waals surface area contributed by atoms with Gasteiger partial charge in [0.2, 0.25) is 5.89 Å². The zero-order valence-electron chi connectivity index (χ0n) is 11.4. The van der Waals surface area contributed by atoms with Gasteiger partial charge in [-0.25, -0.2) is 0 Å². The van der Waals surface area contributed by atoms with Gasteiger partial charge in [0.25, 0.3) is 0 Å². The van der Waals surface area contributed by atoms with Crippen LogP contribution in [0.4, 0.5) is 6.01 Å². The number of hydrogen-bond donors (Lipinski definition) is 2. The lowest BCUT2D eigenvalue weighted by atomic mass is 10.2. The maximum Gasteiger partial charge on any atom is 0.315 e. The summed E-state index contributed by atoms with van der Waals surface area (Å²) >= 11 is 0. The Hall–Kier alpha value is -1.88. The van der Waals surface area contributed by atoms with Crippen LogP contribution in [0.3, 0.4) is 0 Å². The van der Waals surface area contributed by atoms with Crippen molar-refractivity contribution < 1.29 is 4.42 Å². The van der Waals surface area contributed by atoms with Crippen LogP contribution in [-0.2, 0) is 13.1 Å². The summed E-state index contributed by atoms with van der Waals surface area (Å²) in [6.45, 7) is 6.55. The predicted octanol–water partition coefficient (Wildman–Crippen LogP) is 2.43. The minimum absolute atomic E-state index is 0.463. The molecule has 0 saturated carbocycles. The van der Waals surface area contributed by atoms with Crippen LogP contribution in [0.5, 0.6) is 0 Å². The van der Waals surface area contributed by atoms with Crippen molar-refractivity contribution in [1.29, 1.82) is 0 Å². The molecule has 1 heterocycles. The number of benzene rings is 1. The molecule has 0 unspecified atom stereocenters. The van der Waals surface area contributed by atoms with Crippen LogP contribution >= 0.6 is 0 Å². The van der Waals surface area contributed by atoms with E-state index in [2.05, 4.69) is 46.8 Å². The Balaban J connectivity index is 1.77. The van der Waals surface area contributed by atoms with Crippen molar-refractivity contribution in [2.75, 3.05) is 11.9 Å². The van der Waals surface area contributed by atoms with Crippen molar-refractivity contribution in [2.24, 2.45) is 5.92 Å². The van der Waals surface area contributed by atoms with E-state index in [4.69, 9.17) is 4.42 Å². The Morgan fingerprint density at radius 2 is 1.89 bits per heavy atom. The van der Waals surface area contributed by atoms with Gasteiger partial charge < -0.3 is 15.1 Å². The van der Waals surface area contributed by atoms with Gasteiger partial charge in [-0.15, -0.1) is 5.10 Å². The molecule has 2 N–H and O–H groups in total. The lowest BCUT2D eigenvalue weighted by Crippen LogP contribution is -2.19. The normalized spacial score (nSPS) is 10.9. The summed E-state index contributed by atoms with van der Waals surface area (Å²) in [5, 5.41) is 14.3. The van der Waals surface area contributed by atoms with Crippen LogP contribution in [-0.4, -0.2) is 16.7 Å². The fourth-order valence-electron chi connectivity index (χ4n) is 1.64. The average molecular weight is 260 g/mol. The molecule has 0 spiro atoms. The van der Waals surface area contributed by atoms with Gasteiger partial charge in [-0.3, -0.25) is 0 Å². The van der Waals surface area contributed by atoms with Crippen LogP contribution in [0.1, 0.15) is 25.3 Å². The second kappa shape index (κ2) is 6.89. The van der Waals surface area contributed by atoms with Gasteiger partial charge in [0.05, 0.1) is 6.54 Å². The molecule has 0 radical (unpaired) electrons. The standard InChI is InChI=1S/C14H20N4O/c1-11(2)8-15-10-13-17-18-14(19-13)16-9-12-6-4-3-5-7-12/h3-7,11,15H,8-10H2,1-2H3,(H,16,18). The summed E-state index contributed by atoms with van der Waals surface area (Å²) in [5.41, 5.74) is 1.18. The van der Waals surface area contributed by atoms with Crippen molar-refractivity contribution >= 4 is 6.01 Å². The molecule has 0 aliphatic rings. The molecule has 0 fully saturated rings. The number of anilines is 1. The fraction of sp³-hybridized carbons (Fsp3) is 0.429. The average Bonchev–Trinajstić information content (AvgIpc) is 2.85. The Labute approximate surface area is 113 Å². The van der Waals surface area contributed by atoms with Gasteiger partial charge in [0.1, 0.15) is 0 Å². The van der Waals surface area contributed by atoms with E-state index < -0.39 is 0 Å². The van der Waals surface area contributed by atoms with Gasteiger partial charge >= 0.3 is 6.01 Å². The Morgan fingerprint density at radius 3 is 2.63 bits per heavy atom. The highest BCUT2D eigenvalue weighted by Gasteiger charge is 2.05. The molecule has 0 saturated heterocycles. The molecule has 2 aromatic rings. The first kappa shape index (κ1) is 13.5. The van der Waals surface area contributed by atoms with Crippen LogP contribution in [0.2, 0.25) is 0 Å². The first-order valence-corrected chi connectivity index (χ1v) is 6.55. The molecular formula is C14H20N4O. The molecule has 19 heavy (non-hydrogen) atoms. The van der Waals surface area contributed by atoms with E-state index in [1.54, 1.807) is 0 Å². The number of nitrogens with one attached hydrogen (secondary N) is 2. The van der Waals surface area contributed by atoms with Crippen LogP contribution in [0, 0.1) is 5.92 Å². The third kappa shape index (κ3) is 4.71. The lowest BCUT2D eigenvalue weighted by molar-refractivity contribution is 0.458. The fourth-order valence-corrected chi connectivity index (χ4v) is 1.64. The molecule has 2 rings (SSSR count). The molecule has 0 aliphatic heterocycles. The number of rotatable bonds is 7. The maximum atomic E-state index is 5.49. The minimum atomic E-state index is 0.463. The third-order valence-corrected chi connectivity index (χ3v) is 2.58. The van der Waals surface area contributed by atoms with Crippen molar-refractivity contribution in [3.63, 3.8) is 0 Å². The van der Waals surface area contributed by atoms with Gasteiger partial charge in [0, 0.05) is 6.54 Å². The minimum Gasteiger partial charge on any atom is -0.407 e. The van der Waals surface area contributed by atoms with Crippen molar-refractivity contribution in [3.05, 3.63) is 41.8 Å². The molecule has 0 atom stereocenters. The molecule has 5 heteroatoms. The number of nitrogens with zero attached hydrogens (tertiary/aromatic N) is 2. The SMILES string of the molecule is CC(C)CNCc1nnc(NCc2ccccc2)o1. The first-order chi connectivity index (χ1) is 9.24. The lowest BCUT2D eigenvalue weighted by Gasteiger charge is -2.04. The molecule has 1 aromatic carbocycles. The van der Waals surface area contributed by atoms with Crippen molar-refractivity contribution in [1.82, 2.24) is 15.5 Å². The van der Waals surface area contributed by atoms with E-state index in [0.717, 1.165) is 6.54 Å². The number of aromatic nitrogens is 2. The van der Waals surface area contributed by atoms with E-state index in [1.165, 1.54) is 5.56 Å². The van der Waals surface area contributed by atoms with Gasteiger partial charge in [0.15, 0.2) is 0 Å². The van der Waals surface area contributed by atoms with Crippen molar-refractivity contribution in [2.45, 2.75) is 26.9 Å². The topological polar surface area (TPSA) is 63.0 Å².